The molecule has 0 amide bonds. The smallest absolute Gasteiger partial charge is 0.337 e. The van der Waals surface area contributed by atoms with E-state index in [1.54, 1.807) is 12.1 Å². The van der Waals surface area contributed by atoms with Gasteiger partial charge in [-0.3, -0.25) is 0 Å². The minimum Gasteiger partial charge on any atom is -0.479 e. The summed E-state index contributed by atoms with van der Waals surface area (Å²) in [6, 6.07) is 3.31. The molecular formula is C10H10BrCl2NO3. The maximum absolute atomic E-state index is 10.7. The van der Waals surface area contributed by atoms with Crippen LogP contribution in [0, 0.1) is 0 Å². The quantitative estimate of drug-likeness (QED) is 0.736. The first kappa shape index (κ1) is 14.6. The zero-order chi connectivity index (χ0) is 13.2. The van der Waals surface area contributed by atoms with Gasteiger partial charge in [-0.2, -0.15) is 0 Å². The highest BCUT2D eigenvalue weighted by atomic mass is 79.9. The zero-order valence-corrected chi connectivity index (χ0v) is 11.9. The van der Waals surface area contributed by atoms with Crippen molar-refractivity contribution in [3.63, 3.8) is 0 Å². The summed E-state index contributed by atoms with van der Waals surface area (Å²) in [6.07, 6.45) is 0. The van der Waals surface area contributed by atoms with Gasteiger partial charge in [0.25, 0.3) is 0 Å². The van der Waals surface area contributed by atoms with Gasteiger partial charge in [-0.05, 0) is 35.0 Å². The lowest BCUT2D eigenvalue weighted by Crippen LogP contribution is -2.41. The summed E-state index contributed by atoms with van der Waals surface area (Å²) in [6.45, 7) is 1.01. The first-order valence-electron chi connectivity index (χ1n) is 4.59. The molecule has 0 saturated heterocycles. The van der Waals surface area contributed by atoms with E-state index in [0.29, 0.717) is 15.2 Å². The van der Waals surface area contributed by atoms with Crippen molar-refractivity contribution in [1.82, 2.24) is 0 Å². The van der Waals surface area contributed by atoms with Crippen molar-refractivity contribution in [1.29, 1.82) is 0 Å². The molecule has 4 nitrogen and oxygen atoms in total. The number of aliphatic hydroxyl groups is 1. The van der Waals surface area contributed by atoms with Crippen LogP contribution in [0.2, 0.25) is 10.0 Å². The van der Waals surface area contributed by atoms with Gasteiger partial charge in [-0.15, -0.1) is 0 Å². The molecule has 3 N–H and O–H groups in total. The van der Waals surface area contributed by atoms with Crippen molar-refractivity contribution >= 4 is 50.8 Å². The molecule has 0 aliphatic carbocycles. The topological polar surface area (TPSA) is 69.6 Å². The van der Waals surface area contributed by atoms with Gasteiger partial charge < -0.3 is 15.5 Å². The second-order valence-electron chi connectivity index (χ2n) is 3.66. The van der Waals surface area contributed by atoms with Gasteiger partial charge in [0.2, 0.25) is 0 Å². The number of benzene rings is 1. The molecule has 0 fully saturated rings. The molecule has 1 aromatic carbocycles. The summed E-state index contributed by atoms with van der Waals surface area (Å²) < 4.78 is 0.639. The van der Waals surface area contributed by atoms with E-state index in [1.165, 1.54) is 6.92 Å². The molecule has 1 rings (SSSR count). The number of rotatable bonds is 4. The van der Waals surface area contributed by atoms with Gasteiger partial charge in [-0.1, -0.05) is 23.2 Å². The van der Waals surface area contributed by atoms with E-state index in [1.807, 2.05) is 0 Å². The molecule has 0 spiro atoms. The molecule has 17 heavy (non-hydrogen) atoms. The summed E-state index contributed by atoms with van der Waals surface area (Å²) in [5.41, 5.74) is -1.41. The molecule has 7 heteroatoms. The Morgan fingerprint density at radius 1 is 1.47 bits per heavy atom. The van der Waals surface area contributed by atoms with Gasteiger partial charge in [0.1, 0.15) is 0 Å². The average Bonchev–Trinajstić information content (AvgIpc) is 2.25. The lowest BCUT2D eigenvalue weighted by atomic mass is 10.1. The Morgan fingerprint density at radius 3 is 2.59 bits per heavy atom. The fourth-order valence-corrected chi connectivity index (χ4v) is 1.85. The normalized spacial score (nSPS) is 14.2. The second kappa shape index (κ2) is 5.44. The van der Waals surface area contributed by atoms with Crippen molar-refractivity contribution in [2.75, 3.05) is 11.9 Å². The first-order valence-corrected chi connectivity index (χ1v) is 6.14. The highest BCUT2D eigenvalue weighted by Gasteiger charge is 2.29. The molecule has 0 radical (unpaired) electrons. The van der Waals surface area contributed by atoms with Gasteiger partial charge in [0.15, 0.2) is 5.60 Å². The summed E-state index contributed by atoms with van der Waals surface area (Å²) in [5, 5.41) is 21.6. The summed E-state index contributed by atoms with van der Waals surface area (Å²) >= 11 is 15.1. The van der Waals surface area contributed by atoms with Gasteiger partial charge >= 0.3 is 5.97 Å². The Balaban J connectivity index is 2.84. The van der Waals surface area contributed by atoms with Crippen LogP contribution in [-0.4, -0.2) is 28.3 Å². The predicted molar refractivity (Wildman–Crippen MR) is 70.9 cm³/mol. The van der Waals surface area contributed by atoms with E-state index in [0.717, 1.165) is 0 Å². The summed E-state index contributed by atoms with van der Waals surface area (Å²) in [7, 11) is 0. The number of hydrogen-bond donors (Lipinski definition) is 3. The standard InChI is InChI=1S/C10H10BrCl2NO3/c1-10(17,9(15)16)4-14-6-3-2-5(11)7(12)8(6)13/h2-3,14,17H,4H2,1H3,(H,15,16). The van der Waals surface area contributed by atoms with Crippen LogP contribution in [0.4, 0.5) is 5.69 Å². The molecule has 0 aliphatic heterocycles. The predicted octanol–water partition coefficient (Wildman–Crippen LogP) is 3.00. The number of hydrogen-bond acceptors (Lipinski definition) is 3. The van der Waals surface area contributed by atoms with E-state index in [9.17, 15) is 9.90 Å². The minimum absolute atomic E-state index is 0.181. The zero-order valence-electron chi connectivity index (χ0n) is 8.80. The fraction of sp³-hybridized carbons (Fsp3) is 0.300. The summed E-state index contributed by atoms with van der Waals surface area (Å²) in [4.78, 5) is 10.7. The second-order valence-corrected chi connectivity index (χ2v) is 5.27. The largest absolute Gasteiger partial charge is 0.479 e. The number of halogens is 3. The molecule has 94 valence electrons. The Hall–Kier alpha value is -0.490. The Kier molecular flexibility index (Phi) is 4.66. The van der Waals surface area contributed by atoms with Crippen LogP contribution in [0.15, 0.2) is 16.6 Å². The molecule has 0 aromatic heterocycles. The molecule has 1 unspecified atom stereocenters. The maximum Gasteiger partial charge on any atom is 0.337 e. The van der Waals surface area contributed by atoms with Crippen LogP contribution in [0.3, 0.4) is 0 Å². The van der Waals surface area contributed by atoms with Crippen LogP contribution in [-0.2, 0) is 4.79 Å². The number of anilines is 1. The molecule has 1 aromatic rings. The third-order valence-electron chi connectivity index (χ3n) is 2.12. The lowest BCUT2D eigenvalue weighted by Gasteiger charge is -2.20. The highest BCUT2D eigenvalue weighted by molar-refractivity contribution is 9.10. The number of carbonyl (C=O) groups is 1. The highest BCUT2D eigenvalue weighted by Crippen LogP contribution is 2.35. The fourth-order valence-electron chi connectivity index (χ4n) is 1.01. The molecule has 0 aliphatic rings. The molecule has 1 atom stereocenters. The number of nitrogens with one attached hydrogen (secondary N) is 1. The third kappa shape index (κ3) is 3.48. The molecule has 0 bridgehead atoms. The molecular weight excluding hydrogens is 333 g/mol. The first-order chi connectivity index (χ1) is 7.75. The van der Waals surface area contributed by atoms with Crippen LogP contribution in [0.5, 0.6) is 0 Å². The minimum atomic E-state index is -1.87. The SMILES string of the molecule is CC(O)(CNc1ccc(Br)c(Cl)c1Cl)C(=O)O. The van der Waals surface area contributed by atoms with Crippen molar-refractivity contribution in [3.05, 3.63) is 26.7 Å². The van der Waals surface area contributed by atoms with Crippen molar-refractivity contribution < 1.29 is 15.0 Å². The van der Waals surface area contributed by atoms with E-state index >= 15 is 0 Å². The van der Waals surface area contributed by atoms with Crippen LogP contribution < -0.4 is 5.32 Å². The van der Waals surface area contributed by atoms with E-state index in [4.69, 9.17) is 28.3 Å². The Labute approximate surface area is 117 Å². The lowest BCUT2D eigenvalue weighted by molar-refractivity contribution is -0.155. The average molecular weight is 343 g/mol. The Bertz CT molecular complexity index is 451. The van der Waals surface area contributed by atoms with Crippen molar-refractivity contribution in [3.8, 4) is 0 Å². The Morgan fingerprint density at radius 2 is 2.06 bits per heavy atom. The molecule has 0 heterocycles. The monoisotopic (exact) mass is 341 g/mol. The third-order valence-corrected chi connectivity index (χ3v) is 3.89. The van der Waals surface area contributed by atoms with Crippen molar-refractivity contribution in [2.24, 2.45) is 0 Å². The summed E-state index contributed by atoms with van der Waals surface area (Å²) in [5.74, 6) is -1.32. The van der Waals surface area contributed by atoms with Crippen molar-refractivity contribution in [2.45, 2.75) is 12.5 Å². The van der Waals surface area contributed by atoms with Gasteiger partial charge in [0.05, 0.1) is 22.3 Å². The van der Waals surface area contributed by atoms with Gasteiger partial charge in [-0.25, -0.2) is 4.79 Å². The van der Waals surface area contributed by atoms with Gasteiger partial charge in [0, 0.05) is 4.47 Å². The van der Waals surface area contributed by atoms with E-state index < -0.39 is 11.6 Å². The van der Waals surface area contributed by atoms with Crippen LogP contribution in [0.1, 0.15) is 6.92 Å². The maximum atomic E-state index is 10.7. The van der Waals surface area contributed by atoms with E-state index in [-0.39, 0.29) is 11.6 Å². The van der Waals surface area contributed by atoms with E-state index in [2.05, 4.69) is 21.2 Å². The number of carboxylic acids is 1. The number of aliphatic carboxylic acids is 1. The molecule has 0 saturated carbocycles. The van der Waals surface area contributed by atoms with Crippen LogP contribution in [0.25, 0.3) is 0 Å². The number of carboxylic acid groups (broad SMARTS) is 1. The van der Waals surface area contributed by atoms with Crippen LogP contribution >= 0.6 is 39.1 Å².